The van der Waals surface area contributed by atoms with E-state index in [9.17, 15) is 19.5 Å². The summed E-state index contributed by atoms with van der Waals surface area (Å²) in [6.45, 7) is 3.61. The minimum Gasteiger partial charge on any atom is -0.543 e. The van der Waals surface area contributed by atoms with Gasteiger partial charge in [0.05, 0.1) is 24.5 Å². The van der Waals surface area contributed by atoms with E-state index >= 15 is 0 Å². The van der Waals surface area contributed by atoms with Gasteiger partial charge < -0.3 is 14.6 Å². The summed E-state index contributed by atoms with van der Waals surface area (Å²) in [6.07, 6.45) is 0. The highest BCUT2D eigenvalue weighted by atomic mass is 16.5. The Balaban J connectivity index is 2.18. The molecule has 1 aromatic heterocycles. The topological polar surface area (TPSA) is 101 Å². The number of aromatic nitrogens is 2. The van der Waals surface area contributed by atoms with Crippen molar-refractivity contribution in [3.8, 4) is 5.75 Å². The Morgan fingerprint density at radius 3 is 2.48 bits per heavy atom. The molecule has 3 rings (SSSR count). The van der Waals surface area contributed by atoms with Gasteiger partial charge in [0.25, 0.3) is 5.56 Å². The van der Waals surface area contributed by atoms with Crippen molar-refractivity contribution in [2.24, 2.45) is 0 Å². The molecule has 3 aromatic rings. The molecule has 0 aliphatic rings. The van der Waals surface area contributed by atoms with Gasteiger partial charge in [-0.3, -0.25) is 9.59 Å². The predicted octanol–water partition coefficient (Wildman–Crippen LogP) is 1.41. The van der Waals surface area contributed by atoms with Crippen LogP contribution in [0.2, 0.25) is 0 Å². The number of hydrogen-bond acceptors (Lipinski definition) is 6. The van der Waals surface area contributed by atoms with Gasteiger partial charge in [-0.15, -0.1) is 0 Å². The molecule has 0 radical (unpaired) electrons. The van der Waals surface area contributed by atoms with Crippen molar-refractivity contribution >= 4 is 22.5 Å². The summed E-state index contributed by atoms with van der Waals surface area (Å²) in [4.78, 5) is 36.0. The summed E-state index contributed by atoms with van der Waals surface area (Å²) >= 11 is 0. The van der Waals surface area contributed by atoms with Gasteiger partial charge in [0.1, 0.15) is 11.4 Å². The highest BCUT2D eigenvalue weighted by molar-refractivity contribution is 6.00. The third-order valence-electron chi connectivity index (χ3n) is 4.15. The Morgan fingerprint density at radius 1 is 1.15 bits per heavy atom. The first-order valence-corrected chi connectivity index (χ1v) is 8.40. The van der Waals surface area contributed by atoms with Gasteiger partial charge in [-0.25, -0.2) is 4.68 Å². The van der Waals surface area contributed by atoms with E-state index in [-0.39, 0.29) is 28.8 Å². The number of carbonyl (C=O) groups excluding carboxylic acids is 2. The van der Waals surface area contributed by atoms with Gasteiger partial charge in [0.15, 0.2) is 5.78 Å². The third kappa shape index (κ3) is 3.57. The number of benzene rings is 2. The molecule has 0 atom stereocenters. The summed E-state index contributed by atoms with van der Waals surface area (Å²) in [7, 11) is 0. The van der Waals surface area contributed by atoms with Crippen LogP contribution in [0.4, 0.5) is 0 Å². The SMILES string of the molecule is CCOc1ccc(C(C)=O)cc1Cn1nc(C(=O)[O-])c2ccccc2c1=O. The van der Waals surface area contributed by atoms with E-state index in [1.807, 2.05) is 6.92 Å². The van der Waals surface area contributed by atoms with E-state index < -0.39 is 11.5 Å². The second kappa shape index (κ2) is 7.41. The smallest absolute Gasteiger partial charge is 0.274 e. The van der Waals surface area contributed by atoms with Crippen LogP contribution in [-0.4, -0.2) is 28.1 Å². The van der Waals surface area contributed by atoms with Crippen LogP contribution in [0.25, 0.3) is 10.8 Å². The van der Waals surface area contributed by atoms with Gasteiger partial charge in [0.2, 0.25) is 0 Å². The number of ether oxygens (including phenoxy) is 1. The Bertz CT molecular complexity index is 1100. The zero-order chi connectivity index (χ0) is 19.6. The molecule has 0 bridgehead atoms. The number of hydrogen-bond donors (Lipinski definition) is 0. The van der Waals surface area contributed by atoms with Gasteiger partial charge >= 0.3 is 0 Å². The zero-order valence-electron chi connectivity index (χ0n) is 14.9. The molecule has 7 nitrogen and oxygen atoms in total. The lowest BCUT2D eigenvalue weighted by atomic mass is 10.1. The Hall–Kier alpha value is -3.48. The first-order chi connectivity index (χ1) is 12.9. The molecule has 0 fully saturated rings. The molecule has 0 spiro atoms. The fourth-order valence-electron chi connectivity index (χ4n) is 2.87. The zero-order valence-corrected chi connectivity index (χ0v) is 14.9. The third-order valence-corrected chi connectivity index (χ3v) is 4.15. The number of rotatable bonds is 6. The van der Waals surface area contributed by atoms with Crippen LogP contribution in [0.15, 0.2) is 47.3 Å². The molecule has 0 saturated heterocycles. The summed E-state index contributed by atoms with van der Waals surface area (Å²) in [5, 5.41) is 15.9. The van der Waals surface area contributed by atoms with Gasteiger partial charge in [-0.05, 0) is 38.1 Å². The number of carboxylic acids is 1. The van der Waals surface area contributed by atoms with Crippen molar-refractivity contribution in [2.75, 3.05) is 6.61 Å². The van der Waals surface area contributed by atoms with Crippen molar-refractivity contribution in [1.82, 2.24) is 9.78 Å². The highest BCUT2D eigenvalue weighted by Crippen LogP contribution is 2.22. The van der Waals surface area contributed by atoms with E-state index in [4.69, 9.17) is 4.74 Å². The number of ketones is 1. The second-order valence-corrected chi connectivity index (χ2v) is 5.96. The van der Waals surface area contributed by atoms with E-state index in [0.717, 1.165) is 4.68 Å². The summed E-state index contributed by atoms with van der Waals surface area (Å²) in [5.74, 6) is -1.10. The normalized spacial score (nSPS) is 10.7. The summed E-state index contributed by atoms with van der Waals surface area (Å²) in [5.41, 5.74) is 0.262. The van der Waals surface area contributed by atoms with Crippen LogP contribution in [0.3, 0.4) is 0 Å². The minimum absolute atomic E-state index is 0.0413. The van der Waals surface area contributed by atoms with Crippen molar-refractivity contribution in [2.45, 2.75) is 20.4 Å². The number of nitrogens with zero attached hydrogens (tertiary/aromatic N) is 2. The van der Waals surface area contributed by atoms with Crippen LogP contribution in [0, 0.1) is 0 Å². The molecule has 0 N–H and O–H groups in total. The van der Waals surface area contributed by atoms with Crippen LogP contribution in [-0.2, 0) is 6.54 Å². The molecular weight excluding hydrogens is 348 g/mol. The molecule has 0 aliphatic carbocycles. The van der Waals surface area contributed by atoms with Crippen molar-refractivity contribution in [3.63, 3.8) is 0 Å². The molecule has 0 amide bonds. The highest BCUT2D eigenvalue weighted by Gasteiger charge is 2.14. The van der Waals surface area contributed by atoms with E-state index in [2.05, 4.69) is 5.10 Å². The van der Waals surface area contributed by atoms with Gasteiger partial charge in [-0.1, -0.05) is 18.2 Å². The fraction of sp³-hybridized carbons (Fsp3) is 0.200. The lowest BCUT2D eigenvalue weighted by Gasteiger charge is -2.14. The van der Waals surface area contributed by atoms with Crippen LogP contribution >= 0.6 is 0 Å². The standard InChI is InChI=1S/C20H18N2O5/c1-3-27-17-9-8-13(12(2)23)10-14(17)11-22-19(24)16-7-5-4-6-15(16)18(21-22)20(25)26/h4-10H,3,11H2,1-2H3,(H,25,26)/p-1. The number of carboxylic acid groups (broad SMARTS) is 1. The van der Waals surface area contributed by atoms with Crippen molar-refractivity contribution in [3.05, 3.63) is 69.6 Å². The molecule has 1 heterocycles. The van der Waals surface area contributed by atoms with Gasteiger partial charge in [0, 0.05) is 16.5 Å². The lowest BCUT2D eigenvalue weighted by Crippen LogP contribution is -2.31. The van der Waals surface area contributed by atoms with Crippen LogP contribution in [0.1, 0.15) is 40.3 Å². The number of aromatic carboxylic acids is 1. The summed E-state index contributed by atoms with van der Waals surface area (Å²) < 4.78 is 6.62. The fourth-order valence-corrected chi connectivity index (χ4v) is 2.87. The Kier molecular flexibility index (Phi) is 5.03. The molecule has 138 valence electrons. The van der Waals surface area contributed by atoms with Crippen molar-refractivity contribution in [1.29, 1.82) is 0 Å². The van der Waals surface area contributed by atoms with Crippen molar-refractivity contribution < 1.29 is 19.4 Å². The lowest BCUT2D eigenvalue weighted by molar-refractivity contribution is -0.255. The number of fused-ring (bicyclic) bond motifs is 1. The Labute approximate surface area is 154 Å². The summed E-state index contributed by atoms with van der Waals surface area (Å²) in [6, 6.07) is 11.2. The largest absolute Gasteiger partial charge is 0.543 e. The maximum Gasteiger partial charge on any atom is 0.274 e. The van der Waals surface area contributed by atoms with E-state index in [1.54, 1.807) is 30.3 Å². The molecular formula is C20H17N2O5-. The van der Waals surface area contributed by atoms with E-state index in [1.165, 1.54) is 19.1 Å². The average Bonchev–Trinajstić information content (AvgIpc) is 2.65. The first kappa shape index (κ1) is 18.3. The van der Waals surface area contributed by atoms with Crippen LogP contribution < -0.4 is 15.4 Å². The second-order valence-electron chi connectivity index (χ2n) is 5.96. The molecule has 0 aliphatic heterocycles. The molecule has 0 saturated carbocycles. The molecule has 7 heteroatoms. The van der Waals surface area contributed by atoms with Gasteiger partial charge in [-0.2, -0.15) is 5.10 Å². The maximum atomic E-state index is 12.8. The predicted molar refractivity (Wildman–Crippen MR) is 97.1 cm³/mol. The maximum absolute atomic E-state index is 12.8. The molecule has 2 aromatic carbocycles. The number of carbonyl (C=O) groups is 2. The molecule has 0 unspecified atom stereocenters. The quantitative estimate of drug-likeness (QED) is 0.612. The number of Topliss-reactive ketones (excluding diaryl/α,β-unsaturated/α-hetero) is 1. The first-order valence-electron chi connectivity index (χ1n) is 8.40. The van der Waals surface area contributed by atoms with E-state index in [0.29, 0.717) is 23.5 Å². The Morgan fingerprint density at radius 2 is 1.85 bits per heavy atom. The monoisotopic (exact) mass is 365 g/mol. The molecule has 27 heavy (non-hydrogen) atoms. The van der Waals surface area contributed by atoms with Crippen LogP contribution in [0.5, 0.6) is 5.75 Å². The minimum atomic E-state index is -1.47. The average molecular weight is 365 g/mol.